The standard InChI is InChI=1S/C29H30Cl2N4O6S/c1-2-3-10-40-29(36)19-35(42(37,38)25-15-21(30)14-22(31)16-25)23-4-5-26-20(13-23)6-9-34(26)27-17-33-28(18-32-27)41-24-7-11-39-12-8-24/h4-6,9,13-18,24H,2-3,7-8,10-12,19H2,1H3. The lowest BCUT2D eigenvalue weighted by atomic mass is 10.2. The summed E-state index contributed by atoms with van der Waals surface area (Å²) in [5.74, 6) is 0.336. The molecule has 10 nitrogen and oxygen atoms in total. The van der Waals surface area contributed by atoms with E-state index in [2.05, 4.69) is 9.97 Å². The van der Waals surface area contributed by atoms with E-state index in [9.17, 15) is 13.2 Å². The van der Waals surface area contributed by atoms with Gasteiger partial charge in [0.1, 0.15) is 12.6 Å². The van der Waals surface area contributed by atoms with Crippen LogP contribution in [0.1, 0.15) is 32.6 Å². The fraction of sp³-hybridized carbons (Fsp3) is 0.345. The Morgan fingerprint density at radius 2 is 1.83 bits per heavy atom. The topological polar surface area (TPSA) is 113 Å². The third kappa shape index (κ3) is 6.97. The van der Waals surface area contributed by atoms with E-state index in [1.54, 1.807) is 30.6 Å². The van der Waals surface area contributed by atoms with Crippen LogP contribution in [-0.2, 0) is 24.3 Å². The molecule has 0 bridgehead atoms. The molecule has 13 heteroatoms. The molecule has 1 fully saturated rings. The molecule has 0 aliphatic carbocycles. The van der Waals surface area contributed by atoms with Gasteiger partial charge < -0.3 is 14.2 Å². The highest BCUT2D eigenvalue weighted by atomic mass is 35.5. The van der Waals surface area contributed by atoms with Crippen molar-refractivity contribution in [3.05, 3.63) is 71.1 Å². The van der Waals surface area contributed by atoms with Gasteiger partial charge in [0, 0.05) is 34.5 Å². The number of aromatic nitrogens is 3. The molecule has 42 heavy (non-hydrogen) atoms. The molecule has 0 atom stereocenters. The summed E-state index contributed by atoms with van der Waals surface area (Å²) >= 11 is 12.2. The first-order valence-electron chi connectivity index (χ1n) is 13.6. The normalized spacial score (nSPS) is 14.2. The SMILES string of the molecule is CCCCOC(=O)CN(c1ccc2c(ccn2-c2cnc(OC3CCOCC3)cn2)c1)S(=O)(=O)c1cc(Cl)cc(Cl)c1. The molecule has 1 aliphatic heterocycles. The van der Waals surface area contributed by atoms with E-state index in [1.807, 2.05) is 23.8 Å². The number of hydrogen-bond acceptors (Lipinski definition) is 8. The van der Waals surface area contributed by atoms with Crippen LogP contribution in [0, 0.1) is 0 Å². The van der Waals surface area contributed by atoms with Gasteiger partial charge in [-0.15, -0.1) is 0 Å². The van der Waals surface area contributed by atoms with Crippen molar-refractivity contribution in [1.82, 2.24) is 14.5 Å². The van der Waals surface area contributed by atoms with Crippen molar-refractivity contribution in [2.75, 3.05) is 30.7 Å². The van der Waals surface area contributed by atoms with Crippen molar-refractivity contribution in [2.45, 2.75) is 43.6 Å². The number of fused-ring (bicyclic) bond motifs is 1. The van der Waals surface area contributed by atoms with Crippen LogP contribution in [0.5, 0.6) is 5.88 Å². The number of hydrogen-bond donors (Lipinski definition) is 0. The number of anilines is 1. The molecule has 5 rings (SSSR count). The number of rotatable bonds is 11. The second kappa shape index (κ2) is 13.3. The molecule has 0 N–H and O–H groups in total. The van der Waals surface area contributed by atoms with E-state index in [0.717, 1.165) is 34.5 Å². The zero-order valence-corrected chi connectivity index (χ0v) is 25.2. The summed E-state index contributed by atoms with van der Waals surface area (Å²) in [4.78, 5) is 21.5. The van der Waals surface area contributed by atoms with Gasteiger partial charge >= 0.3 is 5.97 Å². The molecular formula is C29H30Cl2N4O6S. The van der Waals surface area contributed by atoms with Crippen molar-refractivity contribution in [3.8, 4) is 11.7 Å². The Hall–Kier alpha value is -3.38. The first-order chi connectivity index (χ1) is 20.2. The third-order valence-electron chi connectivity index (χ3n) is 6.74. The van der Waals surface area contributed by atoms with Gasteiger partial charge in [-0.1, -0.05) is 36.5 Å². The van der Waals surface area contributed by atoms with Crippen molar-refractivity contribution >= 4 is 55.8 Å². The maximum Gasteiger partial charge on any atom is 0.326 e. The maximum absolute atomic E-state index is 13.8. The lowest BCUT2D eigenvalue weighted by Gasteiger charge is -2.24. The molecule has 2 aromatic carbocycles. The van der Waals surface area contributed by atoms with Crippen LogP contribution < -0.4 is 9.04 Å². The highest BCUT2D eigenvalue weighted by molar-refractivity contribution is 7.92. The first kappa shape index (κ1) is 30.1. The van der Waals surface area contributed by atoms with E-state index in [0.29, 0.717) is 31.3 Å². The van der Waals surface area contributed by atoms with Crippen molar-refractivity contribution in [2.24, 2.45) is 0 Å². The van der Waals surface area contributed by atoms with Gasteiger partial charge in [0.15, 0.2) is 5.82 Å². The minimum Gasteiger partial charge on any atom is -0.473 e. The number of sulfonamides is 1. The number of carbonyl (C=O) groups is 1. The Kier molecular flexibility index (Phi) is 9.52. The van der Waals surface area contributed by atoms with Gasteiger partial charge in [-0.25, -0.2) is 18.4 Å². The monoisotopic (exact) mass is 632 g/mol. The molecule has 0 spiro atoms. The van der Waals surface area contributed by atoms with Crippen LogP contribution >= 0.6 is 23.2 Å². The Balaban J connectivity index is 1.44. The number of benzene rings is 2. The van der Waals surface area contributed by atoms with Crippen LogP contribution in [0.15, 0.2) is 66.0 Å². The smallest absolute Gasteiger partial charge is 0.326 e. The second-order valence-electron chi connectivity index (χ2n) is 9.76. The Bertz CT molecular complexity index is 1640. The summed E-state index contributed by atoms with van der Waals surface area (Å²) < 4.78 is 47.0. The molecule has 0 saturated carbocycles. The number of unbranched alkanes of at least 4 members (excludes halogenated alkanes) is 1. The van der Waals surface area contributed by atoms with Crippen LogP contribution in [-0.4, -0.2) is 61.4 Å². The predicted octanol–water partition coefficient (Wildman–Crippen LogP) is 5.82. The molecule has 1 saturated heterocycles. The number of ether oxygens (including phenoxy) is 3. The number of nitrogens with zero attached hydrogens (tertiary/aromatic N) is 4. The van der Waals surface area contributed by atoms with E-state index in [1.165, 1.54) is 18.2 Å². The molecule has 2 aromatic heterocycles. The van der Waals surface area contributed by atoms with E-state index >= 15 is 0 Å². The Morgan fingerprint density at radius 3 is 2.52 bits per heavy atom. The molecule has 4 aromatic rings. The Labute approximate surface area is 254 Å². The highest BCUT2D eigenvalue weighted by Gasteiger charge is 2.29. The molecule has 0 unspecified atom stereocenters. The average molecular weight is 634 g/mol. The van der Waals surface area contributed by atoms with E-state index < -0.39 is 22.5 Å². The fourth-order valence-electron chi connectivity index (χ4n) is 4.56. The fourth-order valence-corrected chi connectivity index (χ4v) is 6.69. The molecular weight excluding hydrogens is 603 g/mol. The number of halogens is 2. The average Bonchev–Trinajstić information content (AvgIpc) is 3.40. The van der Waals surface area contributed by atoms with Crippen LogP contribution in [0.25, 0.3) is 16.7 Å². The molecule has 3 heterocycles. The lowest BCUT2D eigenvalue weighted by molar-refractivity contribution is -0.141. The maximum atomic E-state index is 13.8. The summed E-state index contributed by atoms with van der Waals surface area (Å²) in [5.41, 5.74) is 1.04. The summed E-state index contributed by atoms with van der Waals surface area (Å²) in [7, 11) is -4.24. The van der Waals surface area contributed by atoms with Crippen LogP contribution in [0.3, 0.4) is 0 Å². The minimum atomic E-state index is -4.24. The molecule has 0 radical (unpaired) electrons. The molecule has 1 aliphatic rings. The summed E-state index contributed by atoms with van der Waals surface area (Å²) in [6, 6.07) is 10.9. The van der Waals surface area contributed by atoms with Gasteiger partial charge in [0.25, 0.3) is 10.0 Å². The van der Waals surface area contributed by atoms with Gasteiger partial charge in [-0.2, -0.15) is 0 Å². The largest absolute Gasteiger partial charge is 0.473 e. The van der Waals surface area contributed by atoms with Gasteiger partial charge in [-0.3, -0.25) is 13.7 Å². The van der Waals surface area contributed by atoms with Crippen LogP contribution in [0.2, 0.25) is 10.0 Å². The first-order valence-corrected chi connectivity index (χ1v) is 15.8. The van der Waals surface area contributed by atoms with E-state index in [-0.39, 0.29) is 33.3 Å². The Morgan fingerprint density at radius 1 is 1.07 bits per heavy atom. The minimum absolute atomic E-state index is 0.0517. The zero-order chi connectivity index (χ0) is 29.7. The summed E-state index contributed by atoms with van der Waals surface area (Å²) in [6.07, 6.45) is 8.19. The van der Waals surface area contributed by atoms with E-state index in [4.69, 9.17) is 37.4 Å². The van der Waals surface area contributed by atoms with Crippen LogP contribution in [0.4, 0.5) is 5.69 Å². The third-order valence-corrected chi connectivity index (χ3v) is 8.92. The van der Waals surface area contributed by atoms with Crippen molar-refractivity contribution in [1.29, 1.82) is 0 Å². The van der Waals surface area contributed by atoms with Crippen molar-refractivity contribution < 1.29 is 27.4 Å². The second-order valence-corrected chi connectivity index (χ2v) is 12.5. The zero-order valence-electron chi connectivity index (χ0n) is 22.9. The highest BCUT2D eigenvalue weighted by Crippen LogP contribution is 2.31. The quantitative estimate of drug-likeness (QED) is 0.150. The lowest BCUT2D eigenvalue weighted by Crippen LogP contribution is -2.36. The number of carbonyl (C=O) groups excluding carboxylic acids is 1. The summed E-state index contributed by atoms with van der Waals surface area (Å²) in [6.45, 7) is 2.98. The van der Waals surface area contributed by atoms with Gasteiger partial charge in [0.05, 0.1) is 48.3 Å². The summed E-state index contributed by atoms with van der Waals surface area (Å²) in [5, 5.41) is 1.04. The van der Waals surface area contributed by atoms with Crippen molar-refractivity contribution in [3.63, 3.8) is 0 Å². The predicted molar refractivity (Wildman–Crippen MR) is 160 cm³/mol. The number of esters is 1. The van der Waals surface area contributed by atoms with Gasteiger partial charge in [-0.05, 0) is 48.9 Å². The molecule has 0 amide bonds. The molecule has 222 valence electrons. The van der Waals surface area contributed by atoms with Gasteiger partial charge in [0.2, 0.25) is 5.88 Å².